The first-order chi connectivity index (χ1) is 9.88. The van der Waals surface area contributed by atoms with Crippen LogP contribution in [-0.2, 0) is 6.54 Å². The Hall–Kier alpha value is -1.16. The Balaban J connectivity index is 1.98. The Morgan fingerprint density at radius 1 is 1.33 bits per heavy atom. The van der Waals surface area contributed by atoms with Gasteiger partial charge in [0.15, 0.2) is 0 Å². The van der Waals surface area contributed by atoms with Crippen molar-refractivity contribution in [2.45, 2.75) is 54.0 Å². The number of anilines is 1. The number of aromatic nitrogens is 2. The van der Waals surface area contributed by atoms with Gasteiger partial charge in [0.1, 0.15) is 11.6 Å². The topological polar surface area (TPSA) is 41.1 Å². The van der Waals surface area contributed by atoms with Gasteiger partial charge in [-0.1, -0.05) is 27.7 Å². The number of rotatable bonds is 5. The monoisotopic (exact) mass is 290 g/mol. The first kappa shape index (κ1) is 16.2. The van der Waals surface area contributed by atoms with Crippen LogP contribution in [0.3, 0.4) is 0 Å². The van der Waals surface area contributed by atoms with Gasteiger partial charge in [0, 0.05) is 24.8 Å². The average molecular weight is 290 g/mol. The van der Waals surface area contributed by atoms with Gasteiger partial charge in [-0.3, -0.25) is 4.90 Å². The highest BCUT2D eigenvalue weighted by molar-refractivity contribution is 5.35. The van der Waals surface area contributed by atoms with Gasteiger partial charge in [0.25, 0.3) is 0 Å². The van der Waals surface area contributed by atoms with Gasteiger partial charge < -0.3 is 5.32 Å². The number of likely N-dealkylation sites (tertiary alicyclic amines) is 1. The molecule has 118 valence electrons. The smallest absolute Gasteiger partial charge is 0.144 e. The zero-order valence-corrected chi connectivity index (χ0v) is 14.2. The lowest BCUT2D eigenvalue weighted by molar-refractivity contribution is 0.224. The second-order valence-electron chi connectivity index (χ2n) is 7.32. The molecule has 2 heterocycles. The molecule has 0 amide bonds. The van der Waals surface area contributed by atoms with E-state index >= 15 is 0 Å². The summed E-state index contributed by atoms with van der Waals surface area (Å²) in [6.07, 6.45) is 2.40. The summed E-state index contributed by atoms with van der Waals surface area (Å²) in [5.41, 5.74) is 1.45. The van der Waals surface area contributed by atoms with E-state index in [1.165, 1.54) is 13.0 Å². The van der Waals surface area contributed by atoms with Gasteiger partial charge in [-0.2, -0.15) is 0 Å². The van der Waals surface area contributed by atoms with Crippen molar-refractivity contribution in [3.05, 3.63) is 17.6 Å². The highest BCUT2D eigenvalue weighted by Crippen LogP contribution is 2.33. The highest BCUT2D eigenvalue weighted by atomic mass is 15.2. The van der Waals surface area contributed by atoms with Crippen LogP contribution in [0, 0.1) is 18.3 Å². The van der Waals surface area contributed by atoms with Crippen molar-refractivity contribution < 1.29 is 0 Å². The Labute approximate surface area is 129 Å². The average Bonchev–Trinajstić information content (AvgIpc) is 2.84. The van der Waals surface area contributed by atoms with Gasteiger partial charge in [-0.05, 0) is 37.6 Å². The molecule has 1 aromatic heterocycles. The standard InChI is InChI=1S/C17H30N4/c1-6-8-18-15-10-13(2)19-16(20-15)12-21-9-7-14(11-21)17(3,4)5/h10,14H,6-9,11-12H2,1-5H3,(H,18,19,20). The molecule has 1 aliphatic rings. The fourth-order valence-electron chi connectivity index (χ4n) is 2.93. The molecule has 1 saturated heterocycles. The third-order valence-electron chi connectivity index (χ3n) is 4.32. The molecule has 21 heavy (non-hydrogen) atoms. The summed E-state index contributed by atoms with van der Waals surface area (Å²) >= 11 is 0. The zero-order valence-electron chi connectivity index (χ0n) is 14.2. The van der Waals surface area contributed by atoms with Crippen LogP contribution in [0.4, 0.5) is 5.82 Å². The summed E-state index contributed by atoms with van der Waals surface area (Å²) in [5, 5.41) is 3.36. The minimum Gasteiger partial charge on any atom is -0.370 e. The lowest BCUT2D eigenvalue weighted by atomic mass is 9.80. The van der Waals surface area contributed by atoms with E-state index in [-0.39, 0.29) is 0 Å². The lowest BCUT2D eigenvalue weighted by Crippen LogP contribution is -2.26. The number of nitrogens with zero attached hydrogens (tertiary/aromatic N) is 3. The van der Waals surface area contributed by atoms with Crippen molar-refractivity contribution >= 4 is 5.82 Å². The highest BCUT2D eigenvalue weighted by Gasteiger charge is 2.31. The quantitative estimate of drug-likeness (QED) is 0.901. The first-order valence-corrected chi connectivity index (χ1v) is 8.19. The van der Waals surface area contributed by atoms with E-state index in [4.69, 9.17) is 0 Å². The molecule has 1 N–H and O–H groups in total. The van der Waals surface area contributed by atoms with Crippen LogP contribution < -0.4 is 5.32 Å². The number of hydrogen-bond donors (Lipinski definition) is 1. The van der Waals surface area contributed by atoms with Crippen molar-refractivity contribution in [2.24, 2.45) is 11.3 Å². The molecule has 0 bridgehead atoms. The van der Waals surface area contributed by atoms with E-state index in [9.17, 15) is 0 Å². The van der Waals surface area contributed by atoms with Gasteiger partial charge in [-0.25, -0.2) is 9.97 Å². The molecule has 0 saturated carbocycles. The molecule has 1 aliphatic heterocycles. The molecule has 0 aromatic carbocycles. The molecule has 1 fully saturated rings. The van der Waals surface area contributed by atoms with Crippen molar-refractivity contribution in [1.82, 2.24) is 14.9 Å². The van der Waals surface area contributed by atoms with Crippen molar-refractivity contribution in [3.8, 4) is 0 Å². The van der Waals surface area contributed by atoms with Gasteiger partial charge in [0.2, 0.25) is 0 Å². The molecule has 1 atom stereocenters. The van der Waals surface area contributed by atoms with E-state index in [1.807, 2.05) is 13.0 Å². The van der Waals surface area contributed by atoms with Gasteiger partial charge >= 0.3 is 0 Å². The molecule has 0 spiro atoms. The predicted octanol–water partition coefficient (Wildman–Crippen LogP) is 3.47. The lowest BCUT2D eigenvalue weighted by Gasteiger charge is -2.27. The Morgan fingerprint density at radius 3 is 2.71 bits per heavy atom. The molecule has 1 aromatic rings. The van der Waals surface area contributed by atoms with Crippen molar-refractivity contribution in [2.75, 3.05) is 25.0 Å². The third kappa shape index (κ3) is 4.67. The maximum Gasteiger partial charge on any atom is 0.144 e. The zero-order chi connectivity index (χ0) is 15.5. The van der Waals surface area contributed by atoms with E-state index in [0.29, 0.717) is 5.41 Å². The van der Waals surface area contributed by atoms with Crippen molar-refractivity contribution in [3.63, 3.8) is 0 Å². The maximum atomic E-state index is 4.66. The molecule has 0 aliphatic carbocycles. The summed E-state index contributed by atoms with van der Waals surface area (Å²) in [4.78, 5) is 11.8. The SMILES string of the molecule is CCCNc1cc(C)nc(CN2CCC(C(C)(C)C)C2)n1. The molecule has 2 rings (SSSR count). The molecular weight excluding hydrogens is 260 g/mol. The van der Waals surface area contributed by atoms with Crippen LogP contribution in [0.1, 0.15) is 52.1 Å². The minimum atomic E-state index is 0.399. The molecule has 0 radical (unpaired) electrons. The van der Waals surface area contributed by atoms with Crippen LogP contribution in [0.5, 0.6) is 0 Å². The summed E-state index contributed by atoms with van der Waals surface area (Å²) in [7, 11) is 0. The molecular formula is C17H30N4. The van der Waals surface area contributed by atoms with E-state index in [0.717, 1.165) is 49.3 Å². The summed E-state index contributed by atoms with van der Waals surface area (Å²) in [6, 6.07) is 2.03. The summed E-state index contributed by atoms with van der Waals surface area (Å²) in [6.45, 7) is 15.4. The van der Waals surface area contributed by atoms with E-state index in [1.54, 1.807) is 0 Å². The fraction of sp³-hybridized carbons (Fsp3) is 0.765. The van der Waals surface area contributed by atoms with Crippen LogP contribution in [0.15, 0.2) is 6.07 Å². The number of aryl methyl sites for hydroxylation is 1. The summed E-state index contributed by atoms with van der Waals surface area (Å²) < 4.78 is 0. The second-order valence-corrected chi connectivity index (χ2v) is 7.32. The fourth-order valence-corrected chi connectivity index (χ4v) is 2.93. The van der Waals surface area contributed by atoms with Crippen LogP contribution in [-0.4, -0.2) is 34.5 Å². The van der Waals surface area contributed by atoms with Crippen LogP contribution in [0.2, 0.25) is 0 Å². The van der Waals surface area contributed by atoms with E-state index < -0.39 is 0 Å². The first-order valence-electron chi connectivity index (χ1n) is 8.19. The van der Waals surface area contributed by atoms with Gasteiger partial charge in [0.05, 0.1) is 6.54 Å². The van der Waals surface area contributed by atoms with Gasteiger partial charge in [-0.15, -0.1) is 0 Å². The second kappa shape index (κ2) is 6.73. The molecule has 4 nitrogen and oxygen atoms in total. The maximum absolute atomic E-state index is 4.66. The Morgan fingerprint density at radius 2 is 2.10 bits per heavy atom. The van der Waals surface area contributed by atoms with Crippen molar-refractivity contribution in [1.29, 1.82) is 0 Å². The summed E-state index contributed by atoms with van der Waals surface area (Å²) in [5.74, 6) is 2.69. The number of hydrogen-bond acceptors (Lipinski definition) is 4. The predicted molar refractivity (Wildman–Crippen MR) is 88.4 cm³/mol. The number of nitrogens with one attached hydrogen (secondary N) is 1. The Kier molecular flexibility index (Phi) is 5.20. The third-order valence-corrected chi connectivity index (χ3v) is 4.32. The van der Waals surface area contributed by atoms with Crippen LogP contribution in [0.25, 0.3) is 0 Å². The molecule has 4 heteroatoms. The van der Waals surface area contributed by atoms with E-state index in [2.05, 4.69) is 47.9 Å². The Bertz CT molecular complexity index is 464. The minimum absolute atomic E-state index is 0.399. The largest absolute Gasteiger partial charge is 0.370 e. The normalized spacial score (nSPS) is 20.0. The van der Waals surface area contributed by atoms with Crippen LogP contribution >= 0.6 is 0 Å². The molecule has 1 unspecified atom stereocenters.